The minimum absolute atomic E-state index is 0.812. The summed E-state index contributed by atoms with van der Waals surface area (Å²) in [5, 5.41) is 0. The van der Waals surface area contributed by atoms with Crippen molar-refractivity contribution in [2.75, 3.05) is 26.2 Å². The Hall–Kier alpha value is -0.0800. The third-order valence-electron chi connectivity index (χ3n) is 2.19. The fraction of sp³-hybridized carbons (Fsp3) is 1.00. The number of hydrogen-bond acceptors (Lipinski definition) is 2. The van der Waals surface area contributed by atoms with Crippen LogP contribution < -0.4 is 5.73 Å². The molecule has 2 nitrogen and oxygen atoms in total. The molecule has 60 valence electrons. The minimum atomic E-state index is 0.812. The minimum Gasteiger partial charge on any atom is -0.329 e. The molecular weight excluding hydrogens is 124 g/mol. The van der Waals surface area contributed by atoms with E-state index in [1.54, 1.807) is 0 Å². The Bertz CT molecular complexity index is 91.3. The smallest absolute Gasteiger partial charge is 0.0105 e. The Morgan fingerprint density at radius 2 is 2.40 bits per heavy atom. The second kappa shape index (κ2) is 3.94. The van der Waals surface area contributed by atoms with Crippen molar-refractivity contribution in [1.82, 2.24) is 4.90 Å². The van der Waals surface area contributed by atoms with E-state index >= 15 is 0 Å². The zero-order valence-electron chi connectivity index (χ0n) is 6.84. The summed E-state index contributed by atoms with van der Waals surface area (Å²) in [6.45, 7) is 6.75. The quantitative estimate of drug-likeness (QED) is 0.614. The summed E-state index contributed by atoms with van der Waals surface area (Å²) >= 11 is 0. The molecule has 10 heavy (non-hydrogen) atoms. The van der Waals surface area contributed by atoms with Crippen LogP contribution in [0.1, 0.15) is 19.8 Å². The molecule has 1 aliphatic heterocycles. The van der Waals surface area contributed by atoms with Gasteiger partial charge in [0, 0.05) is 19.6 Å². The van der Waals surface area contributed by atoms with Crippen LogP contribution in [0.3, 0.4) is 0 Å². The SMILES string of the molecule is C[C@H]1CCCN(CCN)C1. The molecule has 1 atom stereocenters. The van der Waals surface area contributed by atoms with Crippen LogP contribution in [0.25, 0.3) is 0 Å². The lowest BCUT2D eigenvalue weighted by atomic mass is 10.0. The third-order valence-corrected chi connectivity index (χ3v) is 2.19. The van der Waals surface area contributed by atoms with Crippen LogP contribution in [0.2, 0.25) is 0 Å². The van der Waals surface area contributed by atoms with Gasteiger partial charge in [0.05, 0.1) is 0 Å². The molecule has 1 rings (SSSR count). The highest BCUT2D eigenvalue weighted by Gasteiger charge is 2.14. The van der Waals surface area contributed by atoms with Crippen molar-refractivity contribution >= 4 is 0 Å². The Kier molecular flexibility index (Phi) is 3.16. The summed E-state index contributed by atoms with van der Waals surface area (Å²) in [4.78, 5) is 2.47. The molecule has 0 amide bonds. The Labute approximate surface area is 63.4 Å². The van der Waals surface area contributed by atoms with Crippen LogP contribution in [-0.2, 0) is 0 Å². The summed E-state index contributed by atoms with van der Waals surface area (Å²) in [5.74, 6) is 0.889. The highest BCUT2D eigenvalue weighted by molar-refractivity contribution is 4.69. The van der Waals surface area contributed by atoms with Crippen LogP contribution >= 0.6 is 0 Å². The molecule has 1 heterocycles. The van der Waals surface area contributed by atoms with Gasteiger partial charge in [-0.3, -0.25) is 0 Å². The lowest BCUT2D eigenvalue weighted by Crippen LogP contribution is -2.37. The maximum atomic E-state index is 5.46. The molecular formula is C8H18N2. The molecule has 0 unspecified atom stereocenters. The summed E-state index contributed by atoms with van der Waals surface area (Å²) in [7, 11) is 0. The maximum Gasteiger partial charge on any atom is 0.0105 e. The first-order valence-corrected chi connectivity index (χ1v) is 4.25. The molecule has 0 aromatic rings. The van der Waals surface area contributed by atoms with Gasteiger partial charge < -0.3 is 10.6 Å². The molecule has 0 radical (unpaired) electrons. The monoisotopic (exact) mass is 142 g/mol. The van der Waals surface area contributed by atoms with Gasteiger partial charge in [-0.1, -0.05) is 6.92 Å². The highest BCUT2D eigenvalue weighted by Crippen LogP contribution is 2.14. The first-order chi connectivity index (χ1) is 4.83. The summed E-state index contributed by atoms with van der Waals surface area (Å²) in [6.07, 6.45) is 2.77. The van der Waals surface area contributed by atoms with Crippen LogP contribution in [-0.4, -0.2) is 31.1 Å². The molecule has 1 saturated heterocycles. The lowest BCUT2D eigenvalue weighted by Gasteiger charge is -2.30. The van der Waals surface area contributed by atoms with E-state index in [4.69, 9.17) is 5.73 Å². The van der Waals surface area contributed by atoms with Crippen LogP contribution in [0, 0.1) is 5.92 Å². The van der Waals surface area contributed by atoms with Gasteiger partial charge in [-0.2, -0.15) is 0 Å². The van der Waals surface area contributed by atoms with E-state index in [0.29, 0.717) is 0 Å². The van der Waals surface area contributed by atoms with Crippen molar-refractivity contribution in [3.05, 3.63) is 0 Å². The second-order valence-corrected chi connectivity index (χ2v) is 3.34. The zero-order valence-corrected chi connectivity index (χ0v) is 6.84. The zero-order chi connectivity index (χ0) is 7.40. The topological polar surface area (TPSA) is 29.3 Å². The third kappa shape index (κ3) is 2.27. The number of rotatable bonds is 2. The molecule has 0 saturated carbocycles. The van der Waals surface area contributed by atoms with Gasteiger partial charge in [-0.05, 0) is 25.3 Å². The van der Waals surface area contributed by atoms with E-state index in [9.17, 15) is 0 Å². The van der Waals surface area contributed by atoms with Crippen LogP contribution in [0.5, 0.6) is 0 Å². The van der Waals surface area contributed by atoms with E-state index in [2.05, 4.69) is 11.8 Å². The van der Waals surface area contributed by atoms with Crippen molar-refractivity contribution in [2.45, 2.75) is 19.8 Å². The van der Waals surface area contributed by atoms with E-state index < -0.39 is 0 Å². The second-order valence-electron chi connectivity index (χ2n) is 3.34. The Morgan fingerprint density at radius 3 is 3.00 bits per heavy atom. The molecule has 0 aromatic carbocycles. The van der Waals surface area contributed by atoms with Crippen molar-refractivity contribution < 1.29 is 0 Å². The average molecular weight is 142 g/mol. The standard InChI is InChI=1S/C8H18N2/c1-8-3-2-5-10(7-8)6-4-9/h8H,2-7,9H2,1H3/t8-/m0/s1. The molecule has 1 fully saturated rings. The van der Waals surface area contributed by atoms with E-state index in [-0.39, 0.29) is 0 Å². The molecule has 0 aliphatic carbocycles. The maximum absolute atomic E-state index is 5.46. The van der Waals surface area contributed by atoms with Gasteiger partial charge in [0.2, 0.25) is 0 Å². The highest BCUT2D eigenvalue weighted by atomic mass is 15.1. The predicted molar refractivity (Wildman–Crippen MR) is 43.9 cm³/mol. The number of nitrogens with two attached hydrogens (primary N) is 1. The average Bonchev–Trinajstić information content (AvgIpc) is 1.88. The Balaban J connectivity index is 2.18. The van der Waals surface area contributed by atoms with Crippen molar-refractivity contribution in [3.8, 4) is 0 Å². The van der Waals surface area contributed by atoms with Crippen LogP contribution in [0.4, 0.5) is 0 Å². The van der Waals surface area contributed by atoms with Crippen LogP contribution in [0.15, 0.2) is 0 Å². The van der Waals surface area contributed by atoms with E-state index in [1.165, 1.54) is 25.9 Å². The first kappa shape index (κ1) is 8.02. The van der Waals surface area contributed by atoms with Gasteiger partial charge in [0.15, 0.2) is 0 Å². The van der Waals surface area contributed by atoms with Crippen molar-refractivity contribution in [2.24, 2.45) is 11.7 Å². The van der Waals surface area contributed by atoms with Crippen molar-refractivity contribution in [3.63, 3.8) is 0 Å². The van der Waals surface area contributed by atoms with Crippen molar-refractivity contribution in [1.29, 1.82) is 0 Å². The number of piperidine rings is 1. The van der Waals surface area contributed by atoms with E-state index in [1.807, 2.05) is 0 Å². The summed E-state index contributed by atoms with van der Waals surface area (Å²) < 4.78 is 0. The number of likely N-dealkylation sites (tertiary alicyclic amines) is 1. The molecule has 0 spiro atoms. The van der Waals surface area contributed by atoms with E-state index in [0.717, 1.165) is 19.0 Å². The predicted octanol–water partition coefficient (Wildman–Crippen LogP) is 0.677. The largest absolute Gasteiger partial charge is 0.329 e. The molecule has 0 bridgehead atoms. The fourth-order valence-corrected chi connectivity index (χ4v) is 1.67. The lowest BCUT2D eigenvalue weighted by molar-refractivity contribution is 0.189. The molecule has 2 N–H and O–H groups in total. The van der Waals surface area contributed by atoms with Gasteiger partial charge in [0.1, 0.15) is 0 Å². The fourth-order valence-electron chi connectivity index (χ4n) is 1.67. The van der Waals surface area contributed by atoms with Gasteiger partial charge >= 0.3 is 0 Å². The first-order valence-electron chi connectivity index (χ1n) is 4.25. The molecule has 1 aliphatic rings. The normalized spacial score (nSPS) is 28.8. The molecule has 0 aromatic heterocycles. The number of nitrogens with zero attached hydrogens (tertiary/aromatic N) is 1. The van der Waals surface area contributed by atoms with Gasteiger partial charge in [-0.25, -0.2) is 0 Å². The molecule has 2 heteroatoms. The van der Waals surface area contributed by atoms with Gasteiger partial charge in [-0.15, -0.1) is 0 Å². The summed E-state index contributed by atoms with van der Waals surface area (Å²) in [5.41, 5.74) is 5.46. The number of hydrogen-bond donors (Lipinski definition) is 1. The Morgan fingerprint density at radius 1 is 1.60 bits per heavy atom. The summed E-state index contributed by atoms with van der Waals surface area (Å²) in [6, 6.07) is 0. The van der Waals surface area contributed by atoms with Gasteiger partial charge in [0.25, 0.3) is 0 Å².